The molecule has 0 unspecified atom stereocenters. The second kappa shape index (κ2) is 1.66. The third-order valence-electron chi connectivity index (χ3n) is 4.73. The second-order valence-electron chi connectivity index (χ2n) is 5.32. The van der Waals surface area contributed by atoms with Crippen LogP contribution in [-0.2, 0) is 0 Å². The zero-order valence-electron chi connectivity index (χ0n) is 7.91. The Labute approximate surface area is 69.4 Å². The van der Waals surface area contributed by atoms with Crippen molar-refractivity contribution in [1.29, 1.82) is 0 Å². The molecule has 0 saturated heterocycles. The van der Waals surface area contributed by atoms with Gasteiger partial charge in [0, 0.05) is 5.54 Å². The molecule has 0 bridgehead atoms. The minimum absolute atomic E-state index is 0.0868. The topological polar surface area (TPSA) is 26.0 Å². The molecule has 2 aliphatic rings. The molecule has 2 rings (SSSR count). The van der Waals surface area contributed by atoms with Gasteiger partial charge in [-0.2, -0.15) is 0 Å². The highest BCUT2D eigenvalue weighted by Crippen LogP contribution is 2.69. The highest BCUT2D eigenvalue weighted by molar-refractivity contribution is 5.17. The van der Waals surface area contributed by atoms with Gasteiger partial charge in [0.25, 0.3) is 0 Å². The van der Waals surface area contributed by atoms with Crippen LogP contribution in [0.4, 0.5) is 0 Å². The average Bonchev–Trinajstić information content (AvgIpc) is 2.60. The Balaban J connectivity index is 2.34. The predicted octanol–water partition coefficient (Wildman–Crippen LogP) is 2.30. The van der Waals surface area contributed by atoms with Crippen molar-refractivity contribution < 1.29 is 0 Å². The lowest BCUT2D eigenvalue weighted by molar-refractivity contribution is 0.148. The highest BCUT2D eigenvalue weighted by Gasteiger charge is 2.64. The van der Waals surface area contributed by atoms with E-state index in [0.29, 0.717) is 10.8 Å². The van der Waals surface area contributed by atoms with Gasteiger partial charge in [0.2, 0.25) is 0 Å². The van der Waals surface area contributed by atoms with Crippen LogP contribution in [0, 0.1) is 10.8 Å². The lowest BCUT2D eigenvalue weighted by atomic mass is 9.70. The van der Waals surface area contributed by atoms with Crippen molar-refractivity contribution in [1.82, 2.24) is 0 Å². The molecule has 2 fully saturated rings. The minimum atomic E-state index is 0.0868. The van der Waals surface area contributed by atoms with E-state index in [1.807, 2.05) is 0 Å². The molecule has 2 N–H and O–H groups in total. The molecule has 0 aliphatic heterocycles. The van der Waals surface area contributed by atoms with Gasteiger partial charge in [-0.25, -0.2) is 0 Å². The van der Waals surface area contributed by atoms with Gasteiger partial charge in [0.05, 0.1) is 0 Å². The monoisotopic (exact) mass is 153 g/mol. The first-order chi connectivity index (χ1) is 4.91. The molecule has 1 atom stereocenters. The lowest BCUT2D eigenvalue weighted by Gasteiger charge is -2.39. The van der Waals surface area contributed by atoms with Crippen LogP contribution in [0.15, 0.2) is 0 Å². The average molecular weight is 153 g/mol. The molecule has 2 aliphatic carbocycles. The molecule has 0 aromatic heterocycles. The van der Waals surface area contributed by atoms with Crippen LogP contribution in [0.2, 0.25) is 0 Å². The van der Waals surface area contributed by atoms with Crippen molar-refractivity contribution in [3.05, 3.63) is 0 Å². The predicted molar refractivity (Wildman–Crippen MR) is 47.3 cm³/mol. The van der Waals surface area contributed by atoms with Crippen LogP contribution in [-0.4, -0.2) is 5.54 Å². The van der Waals surface area contributed by atoms with E-state index in [9.17, 15) is 0 Å². The summed E-state index contributed by atoms with van der Waals surface area (Å²) in [4.78, 5) is 0. The maximum absolute atomic E-state index is 6.27. The Kier molecular flexibility index (Phi) is 1.15. The van der Waals surface area contributed by atoms with E-state index in [1.54, 1.807) is 0 Å². The molecule has 0 amide bonds. The van der Waals surface area contributed by atoms with Gasteiger partial charge in [-0.15, -0.1) is 0 Å². The van der Waals surface area contributed by atoms with Gasteiger partial charge < -0.3 is 5.73 Å². The minimum Gasteiger partial charge on any atom is -0.325 e. The van der Waals surface area contributed by atoms with Gasteiger partial charge in [0.1, 0.15) is 0 Å². The van der Waals surface area contributed by atoms with Crippen molar-refractivity contribution in [2.75, 3.05) is 0 Å². The fourth-order valence-corrected chi connectivity index (χ4v) is 2.76. The summed E-state index contributed by atoms with van der Waals surface area (Å²) in [6, 6.07) is 0. The number of rotatable bonds is 0. The second-order valence-corrected chi connectivity index (χ2v) is 5.32. The van der Waals surface area contributed by atoms with Crippen LogP contribution in [0.5, 0.6) is 0 Å². The third kappa shape index (κ3) is 0.703. The van der Waals surface area contributed by atoms with Crippen LogP contribution < -0.4 is 5.73 Å². The van der Waals surface area contributed by atoms with Crippen LogP contribution in [0.1, 0.15) is 46.5 Å². The lowest BCUT2D eigenvalue weighted by Crippen LogP contribution is -2.48. The van der Waals surface area contributed by atoms with E-state index in [2.05, 4.69) is 20.8 Å². The molecule has 0 heterocycles. The molecule has 0 radical (unpaired) electrons. The van der Waals surface area contributed by atoms with E-state index in [4.69, 9.17) is 5.73 Å². The largest absolute Gasteiger partial charge is 0.325 e. The van der Waals surface area contributed by atoms with E-state index < -0.39 is 0 Å². The zero-order valence-corrected chi connectivity index (χ0v) is 7.91. The maximum Gasteiger partial charge on any atom is 0.0182 e. The number of hydrogen-bond donors (Lipinski definition) is 1. The molecule has 64 valence electrons. The number of nitrogens with two attached hydrogens (primary N) is 1. The molecule has 0 aromatic rings. The van der Waals surface area contributed by atoms with E-state index >= 15 is 0 Å². The number of hydrogen-bond acceptors (Lipinski definition) is 1. The normalized spacial score (nSPS) is 44.7. The Morgan fingerprint density at radius 3 is 1.55 bits per heavy atom. The molecule has 11 heavy (non-hydrogen) atoms. The van der Waals surface area contributed by atoms with Crippen molar-refractivity contribution >= 4 is 0 Å². The third-order valence-corrected chi connectivity index (χ3v) is 4.73. The standard InChI is InChI=1S/C10H19N/c1-8(2)9(3,11)4-5-10(8)6-7-10/h4-7,11H2,1-3H3/t9-/m0/s1. The molecular weight excluding hydrogens is 134 g/mol. The van der Waals surface area contributed by atoms with E-state index in [-0.39, 0.29) is 5.54 Å². The molecule has 2 saturated carbocycles. The van der Waals surface area contributed by atoms with Gasteiger partial charge in [0.15, 0.2) is 0 Å². The quantitative estimate of drug-likeness (QED) is 0.568. The van der Waals surface area contributed by atoms with Gasteiger partial charge >= 0.3 is 0 Å². The first-order valence-corrected chi connectivity index (χ1v) is 4.70. The van der Waals surface area contributed by atoms with Gasteiger partial charge in [-0.05, 0) is 43.4 Å². The summed E-state index contributed by atoms with van der Waals surface area (Å²) in [5, 5.41) is 0. The van der Waals surface area contributed by atoms with Crippen LogP contribution in [0.25, 0.3) is 0 Å². The first kappa shape index (κ1) is 7.60. The Morgan fingerprint density at radius 2 is 1.36 bits per heavy atom. The highest BCUT2D eigenvalue weighted by atomic mass is 14.9. The Bertz CT molecular complexity index is 179. The fraction of sp³-hybridized carbons (Fsp3) is 1.00. The zero-order chi connectivity index (χ0) is 8.33. The SMILES string of the molecule is CC1(C)C2(CC2)CC[C@]1(C)N. The molecule has 1 heteroatoms. The molecule has 1 spiro atoms. The van der Waals surface area contributed by atoms with E-state index in [1.165, 1.54) is 25.7 Å². The smallest absolute Gasteiger partial charge is 0.0182 e. The van der Waals surface area contributed by atoms with Crippen molar-refractivity contribution in [3.63, 3.8) is 0 Å². The Morgan fingerprint density at radius 1 is 0.909 bits per heavy atom. The van der Waals surface area contributed by atoms with Crippen molar-refractivity contribution in [2.45, 2.75) is 52.0 Å². The summed E-state index contributed by atoms with van der Waals surface area (Å²) in [7, 11) is 0. The van der Waals surface area contributed by atoms with Gasteiger partial charge in [-0.3, -0.25) is 0 Å². The van der Waals surface area contributed by atoms with E-state index in [0.717, 1.165) is 0 Å². The summed E-state index contributed by atoms with van der Waals surface area (Å²) < 4.78 is 0. The first-order valence-electron chi connectivity index (χ1n) is 4.70. The van der Waals surface area contributed by atoms with Crippen molar-refractivity contribution in [2.24, 2.45) is 16.6 Å². The summed E-state index contributed by atoms with van der Waals surface area (Å²) in [6.07, 6.45) is 5.44. The summed E-state index contributed by atoms with van der Waals surface area (Å²) >= 11 is 0. The molecule has 1 nitrogen and oxygen atoms in total. The summed E-state index contributed by atoms with van der Waals surface area (Å²) in [6.45, 7) is 6.93. The van der Waals surface area contributed by atoms with Crippen LogP contribution >= 0.6 is 0 Å². The summed E-state index contributed by atoms with van der Waals surface area (Å²) in [5.41, 5.74) is 7.38. The molecular formula is C10H19N. The van der Waals surface area contributed by atoms with Crippen LogP contribution in [0.3, 0.4) is 0 Å². The summed E-state index contributed by atoms with van der Waals surface area (Å²) in [5.74, 6) is 0. The van der Waals surface area contributed by atoms with Crippen molar-refractivity contribution in [3.8, 4) is 0 Å². The maximum atomic E-state index is 6.27. The Hall–Kier alpha value is -0.0400. The molecule has 0 aromatic carbocycles. The van der Waals surface area contributed by atoms with Gasteiger partial charge in [-0.1, -0.05) is 13.8 Å². The fourth-order valence-electron chi connectivity index (χ4n) is 2.76.